The number of ether oxygens (including phenoxy) is 1. The molecule has 6 nitrogen and oxygen atoms in total. The molecule has 0 bridgehead atoms. The van der Waals surface area contributed by atoms with Crippen LogP contribution in [0.25, 0.3) is 0 Å². The number of halogens is 1. The molecule has 1 aromatic rings. The molecule has 1 amide bonds. The number of carbonyl (C=O) groups is 1. The summed E-state index contributed by atoms with van der Waals surface area (Å²) in [6.45, 7) is 2.57. The van der Waals surface area contributed by atoms with Gasteiger partial charge in [0.15, 0.2) is 5.75 Å². The second kappa shape index (κ2) is 7.84. The maximum absolute atomic E-state index is 11.9. The van der Waals surface area contributed by atoms with Gasteiger partial charge in [-0.25, -0.2) is 0 Å². The molecular weight excluding hydrogens is 328 g/mol. The second-order valence-electron chi connectivity index (χ2n) is 4.24. The van der Waals surface area contributed by atoms with E-state index in [9.17, 15) is 14.9 Å². The van der Waals surface area contributed by atoms with Crippen LogP contribution in [0.1, 0.15) is 30.1 Å². The zero-order valence-electron chi connectivity index (χ0n) is 11.4. The normalized spacial score (nSPS) is 11.8. The van der Waals surface area contributed by atoms with Crippen molar-refractivity contribution in [2.45, 2.75) is 24.6 Å². The highest BCUT2D eigenvalue weighted by Crippen LogP contribution is 2.27. The first-order valence-corrected chi connectivity index (χ1v) is 7.15. The Morgan fingerprint density at radius 1 is 1.55 bits per heavy atom. The number of benzene rings is 1. The maximum Gasteiger partial charge on any atom is 0.310 e. The molecule has 0 aliphatic heterocycles. The van der Waals surface area contributed by atoms with Crippen LogP contribution in [-0.2, 0) is 0 Å². The van der Waals surface area contributed by atoms with Crippen LogP contribution in [0.5, 0.6) is 5.75 Å². The smallest absolute Gasteiger partial charge is 0.310 e. The van der Waals surface area contributed by atoms with Crippen molar-refractivity contribution in [3.8, 4) is 5.75 Å². The zero-order valence-corrected chi connectivity index (χ0v) is 13.0. The highest BCUT2D eigenvalue weighted by Gasteiger charge is 2.17. The van der Waals surface area contributed by atoms with Gasteiger partial charge in [-0.2, -0.15) is 0 Å². The van der Waals surface area contributed by atoms with E-state index in [0.717, 1.165) is 12.8 Å². The molecule has 0 aliphatic carbocycles. The average Bonchev–Trinajstić information content (AvgIpc) is 2.44. The molecule has 1 atom stereocenters. The summed E-state index contributed by atoms with van der Waals surface area (Å²) in [6.07, 6.45) is 1.99. The van der Waals surface area contributed by atoms with Crippen molar-refractivity contribution in [1.29, 1.82) is 0 Å². The van der Waals surface area contributed by atoms with E-state index in [0.29, 0.717) is 12.1 Å². The molecule has 0 fully saturated rings. The van der Waals surface area contributed by atoms with E-state index < -0.39 is 4.92 Å². The summed E-state index contributed by atoms with van der Waals surface area (Å²) in [6, 6.07) is 4.06. The summed E-state index contributed by atoms with van der Waals surface area (Å²) in [4.78, 5) is 22.4. The van der Waals surface area contributed by atoms with Crippen molar-refractivity contribution in [3.05, 3.63) is 33.9 Å². The Bertz CT molecular complexity index is 493. The third kappa shape index (κ3) is 4.48. The predicted molar refractivity (Wildman–Crippen MR) is 79.6 cm³/mol. The van der Waals surface area contributed by atoms with E-state index in [4.69, 9.17) is 4.74 Å². The number of rotatable bonds is 7. The third-order valence-electron chi connectivity index (χ3n) is 2.72. The quantitative estimate of drug-likeness (QED) is 0.468. The Morgan fingerprint density at radius 3 is 2.80 bits per heavy atom. The van der Waals surface area contributed by atoms with Crippen LogP contribution < -0.4 is 10.1 Å². The van der Waals surface area contributed by atoms with Gasteiger partial charge >= 0.3 is 5.69 Å². The van der Waals surface area contributed by atoms with Crippen molar-refractivity contribution in [3.63, 3.8) is 0 Å². The Morgan fingerprint density at radius 2 is 2.25 bits per heavy atom. The lowest BCUT2D eigenvalue weighted by Gasteiger charge is -2.10. The highest BCUT2D eigenvalue weighted by molar-refractivity contribution is 9.09. The number of carbonyl (C=O) groups excluding carboxylic acids is 1. The number of hydrogen-bond acceptors (Lipinski definition) is 4. The van der Waals surface area contributed by atoms with Crippen LogP contribution in [0.4, 0.5) is 5.69 Å². The van der Waals surface area contributed by atoms with E-state index >= 15 is 0 Å². The number of amides is 1. The van der Waals surface area contributed by atoms with Crippen LogP contribution in [0.2, 0.25) is 0 Å². The summed E-state index contributed by atoms with van der Waals surface area (Å²) >= 11 is 3.47. The van der Waals surface area contributed by atoms with Gasteiger partial charge < -0.3 is 10.1 Å². The molecule has 110 valence electrons. The molecule has 1 unspecified atom stereocenters. The molecule has 1 aromatic carbocycles. The first-order chi connectivity index (χ1) is 9.49. The molecule has 7 heteroatoms. The lowest BCUT2D eigenvalue weighted by Crippen LogP contribution is -2.29. The van der Waals surface area contributed by atoms with Gasteiger partial charge in [0, 0.05) is 29.1 Å². The Kier molecular flexibility index (Phi) is 6.44. The number of hydrogen-bond donors (Lipinski definition) is 1. The largest absolute Gasteiger partial charge is 0.490 e. The van der Waals surface area contributed by atoms with Crippen molar-refractivity contribution >= 4 is 27.5 Å². The van der Waals surface area contributed by atoms with Gasteiger partial charge in [-0.1, -0.05) is 29.3 Å². The van der Waals surface area contributed by atoms with Crippen LogP contribution in [0.15, 0.2) is 18.2 Å². The van der Waals surface area contributed by atoms with E-state index in [1.54, 1.807) is 0 Å². The number of nitro benzene ring substituents is 1. The third-order valence-corrected chi connectivity index (χ3v) is 3.51. The summed E-state index contributed by atoms with van der Waals surface area (Å²) in [5.74, 6) is -0.203. The van der Waals surface area contributed by atoms with Gasteiger partial charge in [0.25, 0.3) is 5.91 Å². The van der Waals surface area contributed by atoms with Gasteiger partial charge in [0.05, 0.1) is 12.0 Å². The topological polar surface area (TPSA) is 81.5 Å². The SMILES string of the molecule is CCCC(Br)CNC(=O)c1ccc([N+](=O)[O-])c(OC)c1. The molecule has 0 aromatic heterocycles. The molecule has 0 saturated heterocycles. The molecule has 0 aliphatic rings. The summed E-state index contributed by atoms with van der Waals surface area (Å²) in [7, 11) is 1.33. The molecule has 1 rings (SSSR count). The van der Waals surface area contributed by atoms with E-state index in [2.05, 4.69) is 28.2 Å². The molecule has 0 saturated carbocycles. The fourth-order valence-electron chi connectivity index (χ4n) is 1.69. The van der Waals surface area contributed by atoms with Crippen LogP contribution >= 0.6 is 15.9 Å². The van der Waals surface area contributed by atoms with Crippen molar-refractivity contribution < 1.29 is 14.5 Å². The second-order valence-corrected chi connectivity index (χ2v) is 5.53. The van der Waals surface area contributed by atoms with E-state index in [1.807, 2.05) is 0 Å². The standard InChI is InChI=1S/C13H17BrN2O4/c1-3-4-10(14)8-15-13(17)9-5-6-11(16(18)19)12(7-9)20-2/h5-7,10H,3-4,8H2,1-2H3,(H,15,17). The number of alkyl halides is 1. The van der Waals surface area contributed by atoms with E-state index in [1.165, 1.54) is 25.3 Å². The van der Waals surface area contributed by atoms with Gasteiger partial charge in [0.2, 0.25) is 0 Å². The number of nitrogens with zero attached hydrogens (tertiary/aromatic N) is 1. The van der Waals surface area contributed by atoms with Gasteiger partial charge in [-0.15, -0.1) is 0 Å². The molecular formula is C13H17BrN2O4. The summed E-state index contributed by atoms with van der Waals surface area (Å²) in [5, 5.41) is 13.5. The van der Waals surface area contributed by atoms with Crippen LogP contribution in [0, 0.1) is 10.1 Å². The fourth-order valence-corrected chi connectivity index (χ4v) is 2.31. The molecule has 1 N–H and O–H groups in total. The fraction of sp³-hybridized carbons (Fsp3) is 0.462. The van der Waals surface area contributed by atoms with E-state index in [-0.39, 0.29) is 22.2 Å². The van der Waals surface area contributed by atoms with Crippen LogP contribution in [-0.4, -0.2) is 29.3 Å². The van der Waals surface area contributed by atoms with Gasteiger partial charge in [-0.3, -0.25) is 14.9 Å². The minimum absolute atomic E-state index is 0.0756. The molecule has 0 radical (unpaired) electrons. The predicted octanol–water partition coefficient (Wildman–Crippen LogP) is 2.90. The molecule has 20 heavy (non-hydrogen) atoms. The van der Waals surface area contributed by atoms with Crippen molar-refractivity contribution in [2.24, 2.45) is 0 Å². The first kappa shape index (κ1) is 16.4. The molecule has 0 heterocycles. The van der Waals surface area contributed by atoms with Crippen molar-refractivity contribution in [2.75, 3.05) is 13.7 Å². The monoisotopic (exact) mass is 344 g/mol. The highest BCUT2D eigenvalue weighted by atomic mass is 79.9. The maximum atomic E-state index is 11.9. The number of nitrogens with one attached hydrogen (secondary N) is 1. The minimum Gasteiger partial charge on any atom is -0.490 e. The Balaban J connectivity index is 2.76. The number of methoxy groups -OCH3 is 1. The van der Waals surface area contributed by atoms with Crippen LogP contribution in [0.3, 0.4) is 0 Å². The lowest BCUT2D eigenvalue weighted by atomic mass is 10.1. The number of nitro groups is 1. The van der Waals surface area contributed by atoms with Gasteiger partial charge in [0.1, 0.15) is 0 Å². The first-order valence-electron chi connectivity index (χ1n) is 6.24. The summed E-state index contributed by atoms with van der Waals surface area (Å²) in [5.41, 5.74) is 0.178. The summed E-state index contributed by atoms with van der Waals surface area (Å²) < 4.78 is 4.93. The van der Waals surface area contributed by atoms with Crippen molar-refractivity contribution in [1.82, 2.24) is 5.32 Å². The average molecular weight is 345 g/mol. The minimum atomic E-state index is -0.545. The Hall–Kier alpha value is -1.63. The zero-order chi connectivity index (χ0) is 15.1. The van der Waals surface area contributed by atoms with Gasteiger partial charge in [-0.05, 0) is 12.5 Å². The lowest BCUT2D eigenvalue weighted by molar-refractivity contribution is -0.385. The molecule has 0 spiro atoms. The Labute approximate surface area is 125 Å².